The van der Waals surface area contributed by atoms with Crippen molar-refractivity contribution in [3.8, 4) is 5.75 Å². The van der Waals surface area contributed by atoms with Crippen LogP contribution < -0.4 is 10.3 Å². The Morgan fingerprint density at radius 3 is 2.62 bits per heavy atom. The predicted octanol–water partition coefficient (Wildman–Crippen LogP) is 3.01. The average Bonchev–Trinajstić information content (AvgIpc) is 3.25. The number of ether oxygens (including phenoxy) is 2. The molecule has 0 saturated heterocycles. The Labute approximate surface area is 199 Å². The van der Waals surface area contributed by atoms with Crippen LogP contribution in [0.4, 0.5) is 0 Å². The molecule has 1 amide bonds. The summed E-state index contributed by atoms with van der Waals surface area (Å²) in [5.41, 5.74) is 1.80. The monoisotopic (exact) mass is 467 g/mol. The first kappa shape index (κ1) is 24.0. The minimum absolute atomic E-state index is 0.139. The van der Waals surface area contributed by atoms with E-state index in [9.17, 15) is 14.4 Å². The highest BCUT2D eigenvalue weighted by atomic mass is 16.5. The zero-order valence-corrected chi connectivity index (χ0v) is 19.8. The number of amides is 1. The highest BCUT2D eigenvalue weighted by molar-refractivity contribution is 5.93. The Balaban J connectivity index is 1.48. The number of nitrogens with zero attached hydrogens (tertiary/aromatic N) is 3. The average molecular weight is 468 g/mol. The molecule has 0 bridgehead atoms. The zero-order chi connectivity index (χ0) is 23.9. The van der Waals surface area contributed by atoms with Crippen LogP contribution in [-0.4, -0.2) is 53.1 Å². The molecule has 1 fully saturated rings. The van der Waals surface area contributed by atoms with Gasteiger partial charge in [-0.05, 0) is 49.3 Å². The van der Waals surface area contributed by atoms with Crippen molar-refractivity contribution in [2.45, 2.75) is 57.9 Å². The van der Waals surface area contributed by atoms with Crippen LogP contribution in [0.25, 0.3) is 0 Å². The van der Waals surface area contributed by atoms with Crippen molar-refractivity contribution in [2.24, 2.45) is 5.92 Å². The number of fused-ring (bicyclic) bond motifs is 1. The fourth-order valence-corrected chi connectivity index (χ4v) is 5.03. The number of methoxy groups -OCH3 is 1. The molecule has 0 radical (unpaired) electrons. The number of rotatable bonds is 8. The van der Waals surface area contributed by atoms with Gasteiger partial charge in [0.1, 0.15) is 11.3 Å². The lowest BCUT2D eigenvalue weighted by molar-refractivity contribution is -0.132. The van der Waals surface area contributed by atoms with Gasteiger partial charge in [0.15, 0.2) is 0 Å². The molecule has 2 aliphatic rings. The molecule has 4 rings (SSSR count). The summed E-state index contributed by atoms with van der Waals surface area (Å²) in [6, 6.07) is 5.28. The Hall–Kier alpha value is -3.16. The second-order valence-electron chi connectivity index (χ2n) is 9.10. The van der Waals surface area contributed by atoms with Gasteiger partial charge in [-0.2, -0.15) is 0 Å². The lowest BCUT2D eigenvalue weighted by Gasteiger charge is -2.21. The van der Waals surface area contributed by atoms with Crippen molar-refractivity contribution in [3.63, 3.8) is 0 Å². The van der Waals surface area contributed by atoms with E-state index in [0.29, 0.717) is 50.7 Å². The third kappa shape index (κ3) is 5.66. The van der Waals surface area contributed by atoms with Gasteiger partial charge in [0.25, 0.3) is 5.56 Å². The second-order valence-corrected chi connectivity index (χ2v) is 9.10. The van der Waals surface area contributed by atoms with Crippen LogP contribution >= 0.6 is 0 Å². The van der Waals surface area contributed by atoms with E-state index >= 15 is 0 Å². The fourth-order valence-electron chi connectivity index (χ4n) is 5.03. The molecule has 0 N–H and O–H groups in total. The van der Waals surface area contributed by atoms with Gasteiger partial charge in [0, 0.05) is 56.6 Å². The summed E-state index contributed by atoms with van der Waals surface area (Å²) in [5, 5.41) is 0. The summed E-state index contributed by atoms with van der Waals surface area (Å²) in [5.74, 6) is 0.334. The molecular weight excluding hydrogens is 434 g/mol. The van der Waals surface area contributed by atoms with Gasteiger partial charge in [0.2, 0.25) is 5.91 Å². The van der Waals surface area contributed by atoms with Crippen LogP contribution in [0.2, 0.25) is 0 Å². The number of hydrogen-bond acceptors (Lipinski definition) is 6. The van der Waals surface area contributed by atoms with Gasteiger partial charge in [0.05, 0.1) is 13.7 Å². The molecule has 8 nitrogen and oxygen atoms in total. The molecule has 0 aromatic carbocycles. The highest BCUT2D eigenvalue weighted by Crippen LogP contribution is 2.29. The maximum absolute atomic E-state index is 12.9. The van der Waals surface area contributed by atoms with E-state index in [-0.39, 0.29) is 22.8 Å². The molecular formula is C26H33N3O5. The molecule has 34 heavy (non-hydrogen) atoms. The molecule has 1 aliphatic heterocycles. The zero-order valence-electron chi connectivity index (χ0n) is 19.8. The normalized spacial score (nSPS) is 16.1. The third-order valence-electron chi connectivity index (χ3n) is 6.89. The van der Waals surface area contributed by atoms with Crippen LogP contribution in [0.15, 0.2) is 35.4 Å². The van der Waals surface area contributed by atoms with Gasteiger partial charge in [-0.25, -0.2) is 4.79 Å². The molecule has 0 unspecified atom stereocenters. The van der Waals surface area contributed by atoms with Gasteiger partial charge in [-0.1, -0.05) is 12.8 Å². The maximum Gasteiger partial charge on any atom is 0.343 e. The van der Waals surface area contributed by atoms with E-state index in [1.807, 2.05) is 17.0 Å². The lowest BCUT2D eigenvalue weighted by Crippen LogP contribution is -2.35. The maximum atomic E-state index is 12.9. The van der Waals surface area contributed by atoms with Crippen molar-refractivity contribution in [2.75, 3.05) is 26.8 Å². The summed E-state index contributed by atoms with van der Waals surface area (Å²) in [6.45, 7) is 1.66. The molecule has 0 spiro atoms. The standard InChI is InChI=1S/C26H33N3O5/c1-33-26(32)25-21-10-13-28(23(30)17-20-5-2-3-6-20)14-15-29(21)24(31)18-22(25)34-16-4-7-19-8-11-27-12-9-19/h8-9,11-12,18,20H,2-7,10,13-17H2,1H3. The number of pyridine rings is 2. The predicted molar refractivity (Wildman–Crippen MR) is 127 cm³/mol. The Morgan fingerprint density at radius 1 is 1.12 bits per heavy atom. The highest BCUT2D eigenvalue weighted by Gasteiger charge is 2.28. The second kappa shape index (κ2) is 11.3. The molecule has 2 aromatic heterocycles. The van der Waals surface area contributed by atoms with E-state index in [1.165, 1.54) is 26.0 Å². The molecule has 1 aliphatic carbocycles. The van der Waals surface area contributed by atoms with Crippen molar-refractivity contribution in [1.82, 2.24) is 14.5 Å². The van der Waals surface area contributed by atoms with Crippen molar-refractivity contribution in [3.05, 3.63) is 57.8 Å². The van der Waals surface area contributed by atoms with Gasteiger partial charge in [-0.15, -0.1) is 0 Å². The Bertz CT molecular complexity index is 1060. The van der Waals surface area contributed by atoms with Crippen LogP contribution in [0.3, 0.4) is 0 Å². The summed E-state index contributed by atoms with van der Waals surface area (Å²) in [6.07, 6.45) is 10.7. The number of carbonyl (C=O) groups excluding carboxylic acids is 2. The van der Waals surface area contributed by atoms with Crippen LogP contribution in [-0.2, 0) is 28.9 Å². The lowest BCUT2D eigenvalue weighted by atomic mass is 10.0. The molecule has 8 heteroatoms. The summed E-state index contributed by atoms with van der Waals surface area (Å²) >= 11 is 0. The largest absolute Gasteiger partial charge is 0.492 e. The van der Waals surface area contributed by atoms with Gasteiger partial charge < -0.3 is 18.9 Å². The number of aryl methyl sites for hydroxylation is 1. The summed E-state index contributed by atoms with van der Waals surface area (Å²) < 4.78 is 12.6. The SMILES string of the molecule is COC(=O)c1c(OCCCc2ccncc2)cc(=O)n2c1CCN(C(=O)CC1CCCC1)CC2. The number of carbonyl (C=O) groups is 2. The minimum Gasteiger partial charge on any atom is -0.492 e. The first-order valence-corrected chi connectivity index (χ1v) is 12.2. The molecule has 182 valence electrons. The van der Waals surface area contributed by atoms with Crippen molar-refractivity contribution < 1.29 is 19.1 Å². The van der Waals surface area contributed by atoms with E-state index < -0.39 is 5.97 Å². The van der Waals surface area contributed by atoms with E-state index in [4.69, 9.17) is 9.47 Å². The van der Waals surface area contributed by atoms with Crippen LogP contribution in [0.5, 0.6) is 5.75 Å². The molecule has 0 atom stereocenters. The molecule has 3 heterocycles. The van der Waals surface area contributed by atoms with E-state index in [0.717, 1.165) is 31.2 Å². The summed E-state index contributed by atoms with van der Waals surface area (Å²) in [7, 11) is 1.33. The molecule has 2 aromatic rings. The summed E-state index contributed by atoms with van der Waals surface area (Å²) in [4.78, 5) is 44.4. The van der Waals surface area contributed by atoms with Gasteiger partial charge in [-0.3, -0.25) is 14.6 Å². The topological polar surface area (TPSA) is 90.7 Å². The number of esters is 1. The quantitative estimate of drug-likeness (QED) is 0.438. The number of aromatic nitrogens is 2. The number of hydrogen-bond donors (Lipinski definition) is 0. The fraction of sp³-hybridized carbons (Fsp3) is 0.538. The van der Waals surface area contributed by atoms with Crippen molar-refractivity contribution in [1.29, 1.82) is 0 Å². The van der Waals surface area contributed by atoms with E-state index in [2.05, 4.69) is 4.98 Å². The first-order valence-electron chi connectivity index (χ1n) is 12.2. The van der Waals surface area contributed by atoms with Gasteiger partial charge >= 0.3 is 5.97 Å². The smallest absolute Gasteiger partial charge is 0.343 e. The van der Waals surface area contributed by atoms with Crippen LogP contribution in [0.1, 0.15) is 60.1 Å². The minimum atomic E-state index is -0.529. The first-order chi connectivity index (χ1) is 16.6. The Kier molecular flexibility index (Phi) is 7.98. The van der Waals surface area contributed by atoms with E-state index in [1.54, 1.807) is 17.0 Å². The molecule has 1 saturated carbocycles. The Morgan fingerprint density at radius 2 is 1.88 bits per heavy atom. The third-order valence-corrected chi connectivity index (χ3v) is 6.89. The van der Waals surface area contributed by atoms with Crippen molar-refractivity contribution >= 4 is 11.9 Å². The van der Waals surface area contributed by atoms with Crippen LogP contribution in [0, 0.1) is 5.92 Å².